The molecule has 1 heterocycles. The highest BCUT2D eigenvalue weighted by Crippen LogP contribution is 2.18. The van der Waals surface area contributed by atoms with Crippen molar-refractivity contribution in [3.8, 4) is 5.75 Å². The van der Waals surface area contributed by atoms with E-state index in [1.165, 1.54) is 0 Å². The molecule has 0 aliphatic rings. The zero-order valence-electron chi connectivity index (χ0n) is 13.2. The summed E-state index contributed by atoms with van der Waals surface area (Å²) in [7, 11) is 0. The van der Waals surface area contributed by atoms with Gasteiger partial charge in [-0.15, -0.1) is 0 Å². The number of rotatable bonds is 8. The normalized spacial score (nSPS) is 10.7. The lowest BCUT2D eigenvalue weighted by Crippen LogP contribution is -2.32. The second-order valence-electron chi connectivity index (χ2n) is 5.21. The Labute approximate surface area is 134 Å². The van der Waals surface area contributed by atoms with Crippen LogP contribution in [0.5, 0.6) is 5.75 Å². The van der Waals surface area contributed by atoms with E-state index in [0.29, 0.717) is 19.6 Å². The lowest BCUT2D eigenvalue weighted by molar-refractivity contribution is 0.0944. The van der Waals surface area contributed by atoms with Crippen molar-refractivity contribution >= 4 is 11.7 Å². The van der Waals surface area contributed by atoms with E-state index in [-0.39, 0.29) is 17.6 Å². The van der Waals surface area contributed by atoms with Crippen molar-refractivity contribution in [1.29, 1.82) is 0 Å². The predicted octanol–water partition coefficient (Wildman–Crippen LogP) is 0.959. The zero-order valence-corrected chi connectivity index (χ0v) is 13.2. The first kappa shape index (κ1) is 16.8. The van der Waals surface area contributed by atoms with Crippen molar-refractivity contribution in [2.75, 3.05) is 18.8 Å². The summed E-state index contributed by atoms with van der Waals surface area (Å²) in [6, 6.07) is 7.86. The molecule has 1 amide bonds. The zero-order chi connectivity index (χ0) is 16.7. The number of benzene rings is 1. The van der Waals surface area contributed by atoms with Crippen molar-refractivity contribution < 1.29 is 14.2 Å². The van der Waals surface area contributed by atoms with Crippen LogP contribution in [0.4, 0.5) is 5.82 Å². The van der Waals surface area contributed by atoms with Gasteiger partial charge in [0.2, 0.25) is 11.5 Å². The van der Waals surface area contributed by atoms with Crippen LogP contribution < -0.4 is 21.1 Å². The average Bonchev–Trinajstić information content (AvgIpc) is 2.94. The van der Waals surface area contributed by atoms with Gasteiger partial charge in [0.15, 0.2) is 0 Å². The number of nitrogens with one attached hydrogen (secondary N) is 2. The molecular formula is C15H21N5O3. The molecule has 124 valence electrons. The van der Waals surface area contributed by atoms with Gasteiger partial charge in [0.05, 0.1) is 6.10 Å². The van der Waals surface area contributed by atoms with Gasteiger partial charge in [-0.25, -0.2) is 4.63 Å². The first-order valence-electron chi connectivity index (χ1n) is 7.39. The van der Waals surface area contributed by atoms with E-state index in [2.05, 4.69) is 25.6 Å². The molecule has 0 saturated heterocycles. The number of nitrogens with two attached hydrogens (primary N) is 1. The van der Waals surface area contributed by atoms with E-state index in [0.717, 1.165) is 11.3 Å². The number of ether oxygens (including phenoxy) is 1. The maximum absolute atomic E-state index is 11.7. The van der Waals surface area contributed by atoms with E-state index in [1.54, 1.807) is 0 Å². The van der Waals surface area contributed by atoms with Gasteiger partial charge in [-0.1, -0.05) is 18.2 Å². The second kappa shape index (κ2) is 8.14. The number of amides is 1. The average molecular weight is 319 g/mol. The number of nitrogens with zero attached hydrogens (tertiary/aromatic N) is 2. The van der Waals surface area contributed by atoms with Crippen molar-refractivity contribution in [2.24, 2.45) is 0 Å². The van der Waals surface area contributed by atoms with Crippen LogP contribution in [0.1, 0.15) is 29.9 Å². The third-order valence-electron chi connectivity index (χ3n) is 2.97. The fourth-order valence-corrected chi connectivity index (χ4v) is 1.94. The summed E-state index contributed by atoms with van der Waals surface area (Å²) >= 11 is 0. The van der Waals surface area contributed by atoms with E-state index in [9.17, 15) is 4.79 Å². The van der Waals surface area contributed by atoms with Crippen LogP contribution in [0.2, 0.25) is 0 Å². The van der Waals surface area contributed by atoms with Crippen LogP contribution >= 0.6 is 0 Å². The van der Waals surface area contributed by atoms with Crippen LogP contribution in [-0.4, -0.2) is 35.4 Å². The van der Waals surface area contributed by atoms with Crippen LogP contribution in [0, 0.1) is 0 Å². The Kier molecular flexibility index (Phi) is 5.93. The van der Waals surface area contributed by atoms with Gasteiger partial charge in [-0.2, -0.15) is 0 Å². The monoisotopic (exact) mass is 319 g/mol. The largest absolute Gasteiger partial charge is 0.491 e. The fourth-order valence-electron chi connectivity index (χ4n) is 1.94. The van der Waals surface area contributed by atoms with Crippen molar-refractivity contribution in [1.82, 2.24) is 20.9 Å². The number of hydrogen-bond donors (Lipinski definition) is 3. The molecule has 0 radical (unpaired) electrons. The first-order chi connectivity index (χ1) is 11.1. The third-order valence-corrected chi connectivity index (χ3v) is 2.97. The Bertz CT molecular complexity index is 642. The maximum atomic E-state index is 11.7. The number of anilines is 1. The number of hydrogen-bond acceptors (Lipinski definition) is 7. The van der Waals surface area contributed by atoms with E-state index in [4.69, 9.17) is 10.5 Å². The smallest absolute Gasteiger partial charge is 0.277 e. The number of carbonyl (C=O) groups is 1. The fraction of sp³-hybridized carbons (Fsp3) is 0.400. The minimum Gasteiger partial charge on any atom is -0.491 e. The van der Waals surface area contributed by atoms with Gasteiger partial charge >= 0.3 is 0 Å². The molecule has 4 N–H and O–H groups in total. The summed E-state index contributed by atoms with van der Waals surface area (Å²) in [6.45, 7) is 5.64. The topological polar surface area (TPSA) is 115 Å². The molecule has 0 bridgehead atoms. The highest BCUT2D eigenvalue weighted by Gasteiger charge is 2.14. The standard InChI is InChI=1S/C15H21N5O3/c1-10(2)22-12-6-4-3-5-11(12)9-17-7-8-18-15(21)13-14(16)20-23-19-13/h3-6,10,17H,7-9H2,1-2H3,(H2,16,20)(H,18,21). The van der Waals surface area contributed by atoms with E-state index in [1.807, 2.05) is 38.1 Å². The molecule has 0 aliphatic heterocycles. The molecule has 23 heavy (non-hydrogen) atoms. The highest BCUT2D eigenvalue weighted by molar-refractivity contribution is 5.95. The number of para-hydroxylation sites is 1. The summed E-state index contributed by atoms with van der Waals surface area (Å²) in [5.74, 6) is 0.435. The molecular weight excluding hydrogens is 298 g/mol. The van der Waals surface area contributed by atoms with Gasteiger partial charge in [0, 0.05) is 25.2 Å². The minimum absolute atomic E-state index is 0.000629. The summed E-state index contributed by atoms with van der Waals surface area (Å²) in [6.07, 6.45) is 0.122. The van der Waals surface area contributed by atoms with Gasteiger partial charge in [-0.05, 0) is 30.2 Å². The molecule has 0 aliphatic carbocycles. The van der Waals surface area contributed by atoms with Gasteiger partial charge in [0.1, 0.15) is 5.75 Å². The minimum atomic E-state index is -0.408. The van der Waals surface area contributed by atoms with Gasteiger partial charge in [-0.3, -0.25) is 4.79 Å². The molecule has 2 aromatic rings. The lowest BCUT2D eigenvalue weighted by Gasteiger charge is -2.14. The second-order valence-corrected chi connectivity index (χ2v) is 5.21. The SMILES string of the molecule is CC(C)Oc1ccccc1CNCCNC(=O)c1nonc1N. The maximum Gasteiger partial charge on any atom is 0.277 e. The summed E-state index contributed by atoms with van der Waals surface area (Å²) in [5, 5.41) is 12.7. The Morgan fingerprint density at radius 2 is 2.09 bits per heavy atom. The van der Waals surface area contributed by atoms with E-state index < -0.39 is 5.91 Å². The summed E-state index contributed by atoms with van der Waals surface area (Å²) in [5.41, 5.74) is 6.51. The molecule has 0 saturated carbocycles. The molecule has 8 nitrogen and oxygen atoms in total. The molecule has 0 unspecified atom stereocenters. The van der Waals surface area contributed by atoms with Crippen LogP contribution in [0.15, 0.2) is 28.9 Å². The molecule has 1 aromatic heterocycles. The quantitative estimate of drug-likeness (QED) is 0.621. The van der Waals surface area contributed by atoms with Crippen molar-refractivity contribution in [2.45, 2.75) is 26.5 Å². The molecule has 1 aromatic carbocycles. The van der Waals surface area contributed by atoms with Crippen LogP contribution in [0.3, 0.4) is 0 Å². The van der Waals surface area contributed by atoms with Crippen LogP contribution in [-0.2, 0) is 6.54 Å². The summed E-state index contributed by atoms with van der Waals surface area (Å²) < 4.78 is 10.1. The Balaban J connectivity index is 1.74. The first-order valence-corrected chi connectivity index (χ1v) is 7.39. The molecule has 0 spiro atoms. The van der Waals surface area contributed by atoms with E-state index >= 15 is 0 Å². The van der Waals surface area contributed by atoms with Gasteiger partial charge in [0.25, 0.3) is 5.91 Å². The number of nitrogen functional groups attached to an aromatic ring is 1. The Hall–Kier alpha value is -2.61. The number of aromatic nitrogens is 2. The summed E-state index contributed by atoms with van der Waals surface area (Å²) in [4.78, 5) is 11.7. The molecule has 2 rings (SSSR count). The van der Waals surface area contributed by atoms with Gasteiger partial charge < -0.3 is 21.1 Å². The van der Waals surface area contributed by atoms with Crippen LogP contribution in [0.25, 0.3) is 0 Å². The predicted molar refractivity (Wildman–Crippen MR) is 85.0 cm³/mol. The molecule has 8 heteroatoms. The van der Waals surface area contributed by atoms with Crippen molar-refractivity contribution in [3.05, 3.63) is 35.5 Å². The molecule has 0 atom stereocenters. The molecule has 0 fully saturated rings. The lowest BCUT2D eigenvalue weighted by atomic mass is 10.2. The highest BCUT2D eigenvalue weighted by atomic mass is 16.6. The third kappa shape index (κ3) is 4.96. The number of carbonyl (C=O) groups excluding carboxylic acids is 1. The Morgan fingerprint density at radius 3 is 2.78 bits per heavy atom. The van der Waals surface area contributed by atoms with Crippen molar-refractivity contribution in [3.63, 3.8) is 0 Å². The Morgan fingerprint density at radius 1 is 1.30 bits per heavy atom.